The van der Waals surface area contributed by atoms with Crippen LogP contribution in [-0.4, -0.2) is 10.1 Å². The number of aromatic hydroxyl groups is 1. The van der Waals surface area contributed by atoms with E-state index in [-0.39, 0.29) is 16.7 Å². The van der Waals surface area contributed by atoms with Crippen LogP contribution >= 0.6 is 15.9 Å². The van der Waals surface area contributed by atoms with Gasteiger partial charge >= 0.3 is 0 Å². The van der Waals surface area contributed by atoms with E-state index >= 15 is 0 Å². The Hall–Kier alpha value is -0.750. The van der Waals surface area contributed by atoms with Crippen molar-refractivity contribution in [3.8, 4) is 5.75 Å². The normalized spacial score (nSPS) is 10.8. The topological polar surface area (TPSA) is 59.1 Å². The fourth-order valence-corrected chi connectivity index (χ4v) is 1.35. The molecule has 0 atom stereocenters. The van der Waals surface area contributed by atoms with Crippen molar-refractivity contribution in [3.63, 3.8) is 0 Å². The maximum absolute atomic E-state index is 12.3. The Morgan fingerprint density at radius 1 is 1.62 bits per heavy atom. The first-order chi connectivity index (χ1) is 6.07. The minimum absolute atomic E-state index is 0.0681. The average molecular weight is 253 g/mol. The molecule has 1 aromatic heterocycles. The third-order valence-corrected chi connectivity index (χ3v) is 2.16. The van der Waals surface area contributed by atoms with Crippen LogP contribution in [0, 0.1) is 0 Å². The molecule has 0 spiro atoms. The van der Waals surface area contributed by atoms with E-state index in [2.05, 4.69) is 20.9 Å². The molecule has 0 fully saturated rings. The van der Waals surface area contributed by atoms with Crippen LogP contribution in [0.3, 0.4) is 0 Å². The van der Waals surface area contributed by atoms with Crippen LogP contribution in [0.15, 0.2) is 10.7 Å². The molecule has 0 saturated carbocycles. The minimum atomic E-state index is -2.75. The molecule has 1 aromatic rings. The molecule has 0 bridgehead atoms. The zero-order chi connectivity index (χ0) is 10.0. The van der Waals surface area contributed by atoms with Gasteiger partial charge in [0.15, 0.2) is 0 Å². The largest absolute Gasteiger partial charge is 0.505 e. The van der Waals surface area contributed by atoms with Gasteiger partial charge in [-0.3, -0.25) is 4.98 Å². The molecule has 3 nitrogen and oxygen atoms in total. The van der Waals surface area contributed by atoms with E-state index in [9.17, 15) is 13.9 Å². The van der Waals surface area contributed by atoms with Crippen LogP contribution in [0.25, 0.3) is 0 Å². The fraction of sp³-hybridized carbons (Fsp3) is 0.286. The van der Waals surface area contributed by atoms with E-state index < -0.39 is 17.7 Å². The van der Waals surface area contributed by atoms with Crippen LogP contribution in [0.4, 0.5) is 8.78 Å². The van der Waals surface area contributed by atoms with Crippen molar-refractivity contribution in [1.82, 2.24) is 4.98 Å². The Balaban J connectivity index is 3.30. The lowest BCUT2D eigenvalue weighted by atomic mass is 10.2. The van der Waals surface area contributed by atoms with Crippen molar-refractivity contribution in [2.45, 2.75) is 13.0 Å². The van der Waals surface area contributed by atoms with E-state index in [1.807, 2.05) is 0 Å². The summed E-state index contributed by atoms with van der Waals surface area (Å²) in [6.45, 7) is -0.0706. The predicted octanol–water partition coefficient (Wildman–Crippen LogP) is 1.95. The highest BCUT2D eigenvalue weighted by atomic mass is 79.9. The van der Waals surface area contributed by atoms with Crippen LogP contribution in [0.1, 0.15) is 17.7 Å². The molecule has 0 aliphatic heterocycles. The molecular weight excluding hydrogens is 246 g/mol. The molecule has 72 valence electrons. The molecule has 1 heterocycles. The molecule has 1 rings (SSSR count). The number of nitrogens with two attached hydrogens (primary N) is 1. The van der Waals surface area contributed by atoms with Gasteiger partial charge in [0, 0.05) is 17.2 Å². The second kappa shape index (κ2) is 3.97. The SMILES string of the molecule is NCc1ncc(Br)c(C(F)F)c1O. The summed E-state index contributed by atoms with van der Waals surface area (Å²) < 4.78 is 24.8. The standard InChI is InChI=1S/C7H7BrF2N2O/c8-3-2-12-4(1-11)6(13)5(3)7(9)10/h2,7,13H,1,11H2. The third-order valence-electron chi connectivity index (χ3n) is 1.53. The zero-order valence-electron chi connectivity index (χ0n) is 6.47. The van der Waals surface area contributed by atoms with Crippen LogP contribution in [-0.2, 0) is 6.54 Å². The van der Waals surface area contributed by atoms with Gasteiger partial charge in [-0.1, -0.05) is 0 Å². The van der Waals surface area contributed by atoms with Crippen molar-refractivity contribution >= 4 is 15.9 Å². The number of halogens is 3. The number of hydrogen-bond acceptors (Lipinski definition) is 3. The number of alkyl halides is 2. The first kappa shape index (κ1) is 10.3. The highest BCUT2D eigenvalue weighted by molar-refractivity contribution is 9.10. The lowest BCUT2D eigenvalue weighted by Gasteiger charge is -2.08. The van der Waals surface area contributed by atoms with Gasteiger partial charge in [-0.05, 0) is 15.9 Å². The Morgan fingerprint density at radius 3 is 2.69 bits per heavy atom. The van der Waals surface area contributed by atoms with Crippen molar-refractivity contribution in [2.24, 2.45) is 5.73 Å². The minimum Gasteiger partial charge on any atom is -0.505 e. The molecule has 6 heteroatoms. The molecule has 0 aliphatic carbocycles. The van der Waals surface area contributed by atoms with Gasteiger partial charge in [-0.25, -0.2) is 8.78 Å². The summed E-state index contributed by atoms with van der Waals surface area (Å²) in [7, 11) is 0. The first-order valence-electron chi connectivity index (χ1n) is 3.42. The van der Waals surface area contributed by atoms with E-state index in [1.54, 1.807) is 0 Å². The quantitative estimate of drug-likeness (QED) is 0.846. The Morgan fingerprint density at radius 2 is 2.23 bits per heavy atom. The van der Waals surface area contributed by atoms with Crippen molar-refractivity contribution in [3.05, 3.63) is 21.9 Å². The van der Waals surface area contributed by atoms with E-state index in [4.69, 9.17) is 5.73 Å². The maximum Gasteiger partial charge on any atom is 0.268 e. The fourth-order valence-electron chi connectivity index (χ4n) is 0.891. The molecule has 0 radical (unpaired) electrons. The van der Waals surface area contributed by atoms with Gasteiger partial charge in [0.1, 0.15) is 5.75 Å². The Bertz CT molecular complexity index is 320. The van der Waals surface area contributed by atoms with Crippen LogP contribution in [0.2, 0.25) is 0 Å². The molecule has 0 saturated heterocycles. The smallest absolute Gasteiger partial charge is 0.268 e. The summed E-state index contributed by atoms with van der Waals surface area (Å²) >= 11 is 2.87. The number of aromatic nitrogens is 1. The van der Waals surface area contributed by atoms with Gasteiger partial charge in [0.2, 0.25) is 0 Å². The second-order valence-electron chi connectivity index (χ2n) is 2.32. The molecule has 0 amide bonds. The maximum atomic E-state index is 12.3. The first-order valence-corrected chi connectivity index (χ1v) is 4.21. The lowest BCUT2D eigenvalue weighted by Crippen LogP contribution is -2.02. The second-order valence-corrected chi connectivity index (χ2v) is 3.17. The van der Waals surface area contributed by atoms with Gasteiger partial charge in [-0.2, -0.15) is 0 Å². The number of hydrogen-bond donors (Lipinski definition) is 2. The number of pyridine rings is 1. The van der Waals surface area contributed by atoms with Crippen molar-refractivity contribution in [1.29, 1.82) is 0 Å². The number of rotatable bonds is 2. The molecule has 0 aliphatic rings. The van der Waals surface area contributed by atoms with Gasteiger partial charge in [0.25, 0.3) is 6.43 Å². The summed E-state index contributed by atoms with van der Waals surface area (Å²) in [5.74, 6) is -0.535. The molecule has 3 N–H and O–H groups in total. The molecule has 13 heavy (non-hydrogen) atoms. The predicted molar refractivity (Wildman–Crippen MR) is 46.5 cm³/mol. The van der Waals surface area contributed by atoms with E-state index in [0.717, 1.165) is 0 Å². The van der Waals surface area contributed by atoms with Crippen LogP contribution < -0.4 is 5.73 Å². The zero-order valence-corrected chi connectivity index (χ0v) is 8.05. The van der Waals surface area contributed by atoms with E-state index in [1.165, 1.54) is 6.20 Å². The van der Waals surface area contributed by atoms with E-state index in [0.29, 0.717) is 0 Å². The summed E-state index contributed by atoms with van der Waals surface area (Å²) in [6.07, 6.45) is -1.55. The van der Waals surface area contributed by atoms with Gasteiger partial charge in [0.05, 0.1) is 11.3 Å². The summed E-state index contributed by atoms with van der Waals surface area (Å²) in [5, 5.41) is 9.29. The summed E-state index contributed by atoms with van der Waals surface area (Å²) in [4.78, 5) is 3.68. The van der Waals surface area contributed by atoms with Crippen molar-refractivity contribution in [2.75, 3.05) is 0 Å². The summed E-state index contributed by atoms with van der Waals surface area (Å²) in [5.41, 5.74) is 4.79. The highest BCUT2D eigenvalue weighted by Crippen LogP contribution is 2.35. The molecule has 0 unspecified atom stereocenters. The summed E-state index contributed by atoms with van der Waals surface area (Å²) in [6, 6.07) is 0. The highest BCUT2D eigenvalue weighted by Gasteiger charge is 2.19. The van der Waals surface area contributed by atoms with Gasteiger partial charge in [-0.15, -0.1) is 0 Å². The molecule has 0 aromatic carbocycles. The van der Waals surface area contributed by atoms with Gasteiger partial charge < -0.3 is 10.8 Å². The van der Waals surface area contributed by atoms with Crippen LogP contribution in [0.5, 0.6) is 5.75 Å². The van der Waals surface area contributed by atoms with Crippen molar-refractivity contribution < 1.29 is 13.9 Å². The average Bonchev–Trinajstić information content (AvgIpc) is 2.04. The number of nitrogens with zero attached hydrogens (tertiary/aromatic N) is 1. The Kier molecular flexibility index (Phi) is 3.16. The molecular formula is C7H7BrF2N2O. The Labute approximate surface area is 81.7 Å². The third kappa shape index (κ3) is 1.94. The monoisotopic (exact) mass is 252 g/mol. The lowest BCUT2D eigenvalue weighted by molar-refractivity contribution is 0.146.